The number of rotatable bonds is 13. The first-order valence-corrected chi connectivity index (χ1v) is 8.38. The molecule has 0 amide bonds. The van der Waals surface area contributed by atoms with Crippen LogP contribution < -0.4 is 10.6 Å². The van der Waals surface area contributed by atoms with Gasteiger partial charge in [-0.3, -0.25) is 4.99 Å². The largest absolute Gasteiger partial charge is 0.381 e. The molecule has 0 aliphatic heterocycles. The zero-order valence-corrected chi connectivity index (χ0v) is 14.4. The van der Waals surface area contributed by atoms with Crippen LogP contribution in [0.5, 0.6) is 0 Å². The number of guanidine groups is 1. The van der Waals surface area contributed by atoms with Gasteiger partial charge in [0.1, 0.15) is 0 Å². The fourth-order valence-corrected chi connectivity index (χ4v) is 1.61. The highest BCUT2D eigenvalue weighted by Crippen LogP contribution is 1.93. The Labute approximate surface area is 130 Å². The van der Waals surface area contributed by atoms with Gasteiger partial charge in [-0.1, -0.05) is 27.2 Å². The van der Waals surface area contributed by atoms with Crippen LogP contribution in [0.3, 0.4) is 0 Å². The Kier molecular flexibility index (Phi) is 15.0. The SMILES string of the molecule is CCCCOCCNC(=NCCCOCC(C)C)NCC. The second-order valence-electron chi connectivity index (χ2n) is 5.48. The molecule has 126 valence electrons. The molecule has 0 unspecified atom stereocenters. The Balaban J connectivity index is 3.65. The Morgan fingerprint density at radius 3 is 2.43 bits per heavy atom. The lowest BCUT2D eigenvalue weighted by Crippen LogP contribution is -2.39. The van der Waals surface area contributed by atoms with Crippen LogP contribution in [0.1, 0.15) is 47.0 Å². The van der Waals surface area contributed by atoms with Crippen molar-refractivity contribution in [2.45, 2.75) is 47.0 Å². The maximum atomic E-state index is 5.54. The molecular formula is C16H35N3O2. The minimum absolute atomic E-state index is 0.597. The standard InChI is InChI=1S/C16H35N3O2/c1-5-7-11-20-13-10-19-16(17-6-2)18-9-8-12-21-14-15(3)4/h15H,5-14H2,1-4H3,(H2,17,18,19). The summed E-state index contributed by atoms with van der Waals surface area (Å²) in [5.74, 6) is 1.46. The molecular weight excluding hydrogens is 266 g/mol. The second kappa shape index (κ2) is 15.6. The molecule has 0 aliphatic rings. The minimum atomic E-state index is 0.597. The molecule has 0 aromatic rings. The summed E-state index contributed by atoms with van der Waals surface area (Å²) in [6, 6.07) is 0. The molecule has 0 radical (unpaired) electrons. The number of nitrogens with one attached hydrogen (secondary N) is 2. The molecule has 21 heavy (non-hydrogen) atoms. The zero-order valence-electron chi connectivity index (χ0n) is 14.4. The van der Waals surface area contributed by atoms with Gasteiger partial charge in [-0.25, -0.2) is 0 Å². The number of unbranched alkanes of at least 4 members (excludes halogenated alkanes) is 1. The van der Waals surface area contributed by atoms with Crippen LogP contribution in [0.15, 0.2) is 4.99 Å². The molecule has 0 aromatic heterocycles. The van der Waals surface area contributed by atoms with Gasteiger partial charge in [0.15, 0.2) is 5.96 Å². The first-order chi connectivity index (χ1) is 10.2. The summed E-state index contributed by atoms with van der Waals surface area (Å²) in [7, 11) is 0. The summed E-state index contributed by atoms with van der Waals surface area (Å²) in [5.41, 5.74) is 0. The molecule has 0 saturated carbocycles. The normalized spacial score (nSPS) is 12.0. The minimum Gasteiger partial charge on any atom is -0.381 e. The van der Waals surface area contributed by atoms with E-state index in [1.807, 2.05) is 0 Å². The molecule has 2 N–H and O–H groups in total. The van der Waals surface area contributed by atoms with Gasteiger partial charge < -0.3 is 20.1 Å². The van der Waals surface area contributed by atoms with Crippen molar-refractivity contribution in [3.63, 3.8) is 0 Å². The first kappa shape index (κ1) is 20.2. The highest BCUT2D eigenvalue weighted by Gasteiger charge is 1.97. The molecule has 0 bridgehead atoms. The van der Waals surface area contributed by atoms with E-state index in [0.717, 1.165) is 64.9 Å². The summed E-state index contributed by atoms with van der Waals surface area (Å²) in [4.78, 5) is 4.52. The second-order valence-corrected chi connectivity index (χ2v) is 5.48. The summed E-state index contributed by atoms with van der Waals surface area (Å²) in [6.07, 6.45) is 3.26. The van der Waals surface area contributed by atoms with E-state index < -0.39 is 0 Å². The van der Waals surface area contributed by atoms with Crippen LogP contribution in [0.2, 0.25) is 0 Å². The van der Waals surface area contributed by atoms with Crippen molar-refractivity contribution < 1.29 is 9.47 Å². The van der Waals surface area contributed by atoms with E-state index in [0.29, 0.717) is 5.92 Å². The van der Waals surface area contributed by atoms with Gasteiger partial charge in [-0.2, -0.15) is 0 Å². The molecule has 0 spiro atoms. The van der Waals surface area contributed by atoms with Crippen molar-refractivity contribution in [3.8, 4) is 0 Å². The van der Waals surface area contributed by atoms with Crippen LogP contribution in [0, 0.1) is 5.92 Å². The third kappa shape index (κ3) is 15.4. The fourth-order valence-electron chi connectivity index (χ4n) is 1.61. The predicted octanol–water partition coefficient (Wildman–Crippen LogP) is 2.42. The number of hydrogen-bond donors (Lipinski definition) is 2. The fraction of sp³-hybridized carbons (Fsp3) is 0.938. The Morgan fingerprint density at radius 2 is 1.76 bits per heavy atom. The molecule has 0 saturated heterocycles. The van der Waals surface area contributed by atoms with E-state index in [4.69, 9.17) is 9.47 Å². The Hall–Kier alpha value is -0.810. The third-order valence-electron chi connectivity index (χ3n) is 2.69. The van der Waals surface area contributed by atoms with Gasteiger partial charge in [0.05, 0.1) is 6.61 Å². The van der Waals surface area contributed by atoms with E-state index in [-0.39, 0.29) is 0 Å². The average Bonchev–Trinajstić information content (AvgIpc) is 2.45. The van der Waals surface area contributed by atoms with Gasteiger partial charge in [0.2, 0.25) is 0 Å². The quantitative estimate of drug-likeness (QED) is 0.312. The van der Waals surface area contributed by atoms with Crippen molar-refractivity contribution in [2.75, 3.05) is 46.1 Å². The molecule has 5 nitrogen and oxygen atoms in total. The third-order valence-corrected chi connectivity index (χ3v) is 2.69. The molecule has 0 rings (SSSR count). The van der Waals surface area contributed by atoms with Crippen LogP contribution in [-0.4, -0.2) is 52.0 Å². The summed E-state index contributed by atoms with van der Waals surface area (Å²) in [5, 5.41) is 6.52. The van der Waals surface area contributed by atoms with Crippen molar-refractivity contribution in [1.29, 1.82) is 0 Å². The highest BCUT2D eigenvalue weighted by atomic mass is 16.5. The molecule has 0 atom stereocenters. The summed E-state index contributed by atoms with van der Waals surface area (Å²) in [6.45, 7) is 14.2. The zero-order chi connectivity index (χ0) is 15.8. The lowest BCUT2D eigenvalue weighted by Gasteiger charge is -2.11. The van der Waals surface area contributed by atoms with E-state index in [1.165, 1.54) is 6.42 Å². The van der Waals surface area contributed by atoms with E-state index >= 15 is 0 Å². The van der Waals surface area contributed by atoms with Crippen LogP contribution in [0.4, 0.5) is 0 Å². The maximum Gasteiger partial charge on any atom is 0.191 e. The molecule has 0 aliphatic carbocycles. The van der Waals surface area contributed by atoms with Crippen molar-refractivity contribution in [1.82, 2.24) is 10.6 Å². The Bertz CT molecular complexity index is 246. The van der Waals surface area contributed by atoms with Gasteiger partial charge in [0.25, 0.3) is 0 Å². The van der Waals surface area contributed by atoms with Crippen LogP contribution in [0.25, 0.3) is 0 Å². The van der Waals surface area contributed by atoms with Gasteiger partial charge >= 0.3 is 0 Å². The number of aliphatic imine (C=N–C) groups is 1. The summed E-state index contributed by atoms with van der Waals surface area (Å²) < 4.78 is 11.1. The van der Waals surface area contributed by atoms with Gasteiger partial charge in [-0.05, 0) is 25.7 Å². The number of hydrogen-bond acceptors (Lipinski definition) is 3. The highest BCUT2D eigenvalue weighted by molar-refractivity contribution is 5.79. The van der Waals surface area contributed by atoms with Gasteiger partial charge in [-0.15, -0.1) is 0 Å². The first-order valence-electron chi connectivity index (χ1n) is 8.38. The lowest BCUT2D eigenvalue weighted by molar-refractivity contribution is 0.109. The average molecular weight is 301 g/mol. The number of nitrogens with zero attached hydrogens (tertiary/aromatic N) is 1. The number of ether oxygens (including phenoxy) is 2. The predicted molar refractivity (Wildman–Crippen MR) is 90.0 cm³/mol. The van der Waals surface area contributed by atoms with E-state index in [2.05, 4.69) is 43.3 Å². The maximum absolute atomic E-state index is 5.54. The Morgan fingerprint density at radius 1 is 1.00 bits per heavy atom. The van der Waals surface area contributed by atoms with E-state index in [9.17, 15) is 0 Å². The topological polar surface area (TPSA) is 54.9 Å². The van der Waals surface area contributed by atoms with E-state index in [1.54, 1.807) is 0 Å². The smallest absolute Gasteiger partial charge is 0.191 e. The molecule has 5 heteroatoms. The van der Waals surface area contributed by atoms with Crippen molar-refractivity contribution >= 4 is 5.96 Å². The van der Waals surface area contributed by atoms with Crippen molar-refractivity contribution in [3.05, 3.63) is 0 Å². The van der Waals surface area contributed by atoms with Crippen LogP contribution in [-0.2, 0) is 9.47 Å². The lowest BCUT2D eigenvalue weighted by atomic mass is 10.2. The molecule has 0 aromatic carbocycles. The van der Waals surface area contributed by atoms with Crippen LogP contribution >= 0.6 is 0 Å². The molecule has 0 heterocycles. The van der Waals surface area contributed by atoms with Gasteiger partial charge in [0, 0.05) is 39.5 Å². The monoisotopic (exact) mass is 301 g/mol. The summed E-state index contributed by atoms with van der Waals surface area (Å²) >= 11 is 0. The molecule has 0 fully saturated rings. The van der Waals surface area contributed by atoms with Crippen molar-refractivity contribution in [2.24, 2.45) is 10.9 Å².